The van der Waals surface area contributed by atoms with Gasteiger partial charge in [0.1, 0.15) is 5.69 Å². The van der Waals surface area contributed by atoms with E-state index < -0.39 is 5.91 Å². The number of hydrazine groups is 1. The van der Waals surface area contributed by atoms with Crippen LogP contribution in [0.25, 0.3) is 0 Å². The van der Waals surface area contributed by atoms with Crippen LogP contribution in [0.5, 0.6) is 0 Å². The number of amides is 3. The molecule has 0 unspecified atom stereocenters. The Bertz CT molecular complexity index is 669. The van der Waals surface area contributed by atoms with Crippen LogP contribution in [0.15, 0.2) is 5.38 Å². The van der Waals surface area contributed by atoms with Gasteiger partial charge in [-0.25, -0.2) is 4.98 Å². The molecule has 162 valence electrons. The fraction of sp³-hybridized carbons (Fsp3) is 0.684. The number of anilines is 1. The molecule has 10 heteroatoms. The Labute approximate surface area is 175 Å². The van der Waals surface area contributed by atoms with Gasteiger partial charge in [-0.1, -0.05) is 13.8 Å². The van der Waals surface area contributed by atoms with E-state index >= 15 is 0 Å². The van der Waals surface area contributed by atoms with Gasteiger partial charge in [-0.3, -0.25) is 25.2 Å². The summed E-state index contributed by atoms with van der Waals surface area (Å²) in [6.45, 7) is 8.36. The third kappa shape index (κ3) is 7.62. The van der Waals surface area contributed by atoms with Crippen molar-refractivity contribution in [3.8, 4) is 0 Å². The lowest BCUT2D eigenvalue weighted by molar-refractivity contribution is -0.131. The van der Waals surface area contributed by atoms with Crippen molar-refractivity contribution in [3.63, 3.8) is 0 Å². The lowest BCUT2D eigenvalue weighted by Gasteiger charge is -2.25. The van der Waals surface area contributed by atoms with Crippen LogP contribution >= 0.6 is 11.3 Å². The first-order valence-electron chi connectivity index (χ1n) is 10.2. The van der Waals surface area contributed by atoms with E-state index in [0.717, 1.165) is 44.2 Å². The van der Waals surface area contributed by atoms with Crippen LogP contribution in [0.2, 0.25) is 0 Å². The van der Waals surface area contributed by atoms with Crippen molar-refractivity contribution in [3.05, 3.63) is 11.1 Å². The number of carbonyl (C=O) groups excluding carboxylic acids is 3. The quantitative estimate of drug-likeness (QED) is 0.552. The van der Waals surface area contributed by atoms with E-state index in [9.17, 15) is 14.4 Å². The van der Waals surface area contributed by atoms with Crippen molar-refractivity contribution in [1.82, 2.24) is 20.7 Å². The first-order valence-corrected chi connectivity index (χ1v) is 11.1. The third-order valence-corrected chi connectivity index (χ3v) is 5.36. The molecule has 0 spiro atoms. The van der Waals surface area contributed by atoms with Gasteiger partial charge in [-0.15, -0.1) is 11.3 Å². The highest BCUT2D eigenvalue weighted by Crippen LogP contribution is 2.21. The normalized spacial score (nSPS) is 13.8. The Morgan fingerprint density at radius 3 is 2.48 bits per heavy atom. The van der Waals surface area contributed by atoms with Gasteiger partial charge in [-0.2, -0.15) is 0 Å². The number of nitrogens with one attached hydrogen (secondary N) is 2. The summed E-state index contributed by atoms with van der Waals surface area (Å²) >= 11 is 1.39. The van der Waals surface area contributed by atoms with Gasteiger partial charge in [0.2, 0.25) is 11.8 Å². The largest absolute Gasteiger partial charge is 0.378 e. The molecule has 0 atom stereocenters. The molecule has 0 bridgehead atoms. The van der Waals surface area contributed by atoms with Crippen LogP contribution < -0.4 is 15.8 Å². The molecule has 0 aromatic carbocycles. The number of rotatable bonds is 10. The van der Waals surface area contributed by atoms with E-state index in [0.29, 0.717) is 26.1 Å². The fourth-order valence-electron chi connectivity index (χ4n) is 2.98. The molecule has 0 saturated carbocycles. The van der Waals surface area contributed by atoms with E-state index in [2.05, 4.69) is 20.7 Å². The molecule has 1 aliphatic rings. The zero-order valence-electron chi connectivity index (χ0n) is 17.2. The predicted octanol–water partition coefficient (Wildman–Crippen LogP) is 1.56. The molecule has 2 rings (SSSR count). The number of nitrogens with zero attached hydrogens (tertiary/aromatic N) is 3. The summed E-state index contributed by atoms with van der Waals surface area (Å²) in [7, 11) is 0. The predicted molar refractivity (Wildman–Crippen MR) is 112 cm³/mol. The van der Waals surface area contributed by atoms with Gasteiger partial charge in [0.15, 0.2) is 5.13 Å². The minimum absolute atomic E-state index is 0.0728. The molecule has 2 N–H and O–H groups in total. The average Bonchev–Trinajstić information content (AvgIpc) is 3.23. The number of morpholine rings is 1. The lowest BCUT2D eigenvalue weighted by atomic mass is 10.2. The fourth-order valence-corrected chi connectivity index (χ4v) is 3.84. The maximum absolute atomic E-state index is 12.2. The Balaban J connectivity index is 1.68. The van der Waals surface area contributed by atoms with Gasteiger partial charge in [0, 0.05) is 44.4 Å². The topological polar surface area (TPSA) is 104 Å². The highest BCUT2D eigenvalue weighted by molar-refractivity contribution is 7.13. The van der Waals surface area contributed by atoms with Crippen molar-refractivity contribution >= 4 is 34.2 Å². The molecule has 0 radical (unpaired) electrons. The monoisotopic (exact) mass is 425 g/mol. The molecule has 9 nitrogen and oxygen atoms in total. The third-order valence-electron chi connectivity index (χ3n) is 4.46. The Morgan fingerprint density at radius 2 is 1.83 bits per heavy atom. The Hall–Kier alpha value is -2.20. The van der Waals surface area contributed by atoms with Crippen LogP contribution in [-0.4, -0.2) is 67.0 Å². The summed E-state index contributed by atoms with van der Waals surface area (Å²) in [6, 6.07) is 0. The van der Waals surface area contributed by atoms with Crippen molar-refractivity contribution in [2.24, 2.45) is 0 Å². The first-order chi connectivity index (χ1) is 14.0. The summed E-state index contributed by atoms with van der Waals surface area (Å²) < 4.78 is 5.31. The molecule has 1 fully saturated rings. The van der Waals surface area contributed by atoms with Crippen molar-refractivity contribution < 1.29 is 19.1 Å². The maximum atomic E-state index is 12.2. The molecule has 1 aliphatic heterocycles. The summed E-state index contributed by atoms with van der Waals surface area (Å²) in [5.41, 5.74) is 5.04. The highest BCUT2D eigenvalue weighted by atomic mass is 32.1. The number of carbonyl (C=O) groups is 3. The maximum Gasteiger partial charge on any atom is 0.289 e. The zero-order valence-corrected chi connectivity index (χ0v) is 18.1. The van der Waals surface area contributed by atoms with Crippen LogP contribution in [0.4, 0.5) is 5.13 Å². The lowest BCUT2D eigenvalue weighted by Crippen LogP contribution is -2.42. The molecular weight excluding hydrogens is 394 g/mol. The number of hydrogen-bond acceptors (Lipinski definition) is 7. The molecule has 0 aliphatic carbocycles. The molecule has 2 heterocycles. The second-order valence-corrected chi connectivity index (χ2v) is 7.69. The smallest absolute Gasteiger partial charge is 0.289 e. The van der Waals surface area contributed by atoms with Crippen LogP contribution in [0.3, 0.4) is 0 Å². The van der Waals surface area contributed by atoms with Crippen molar-refractivity contribution in [1.29, 1.82) is 0 Å². The second kappa shape index (κ2) is 12.4. The first kappa shape index (κ1) is 23.1. The standard InChI is InChI=1S/C19H31N5O4S/c1-3-8-23(9-4-2)17(26)7-5-6-16(25)21-22-18(27)15-14-29-19(20-15)24-10-12-28-13-11-24/h14H,3-13H2,1-2H3,(H,21,25)(H,22,27). The number of thiazole rings is 1. The second-order valence-electron chi connectivity index (χ2n) is 6.85. The van der Waals surface area contributed by atoms with Crippen LogP contribution in [0.1, 0.15) is 56.4 Å². The molecule has 1 saturated heterocycles. The SMILES string of the molecule is CCCN(CCC)C(=O)CCCC(=O)NNC(=O)c1csc(N2CCOCC2)n1. The van der Waals surface area contributed by atoms with E-state index in [1.165, 1.54) is 11.3 Å². The summed E-state index contributed by atoms with van der Waals surface area (Å²) in [4.78, 5) is 44.6. The average molecular weight is 426 g/mol. The molecule has 29 heavy (non-hydrogen) atoms. The van der Waals surface area contributed by atoms with Crippen molar-refractivity contribution in [2.75, 3.05) is 44.3 Å². The van der Waals surface area contributed by atoms with Gasteiger partial charge in [0.05, 0.1) is 13.2 Å². The van der Waals surface area contributed by atoms with Gasteiger partial charge in [-0.05, 0) is 19.3 Å². The number of ether oxygens (including phenoxy) is 1. The molecular formula is C19H31N5O4S. The van der Waals surface area contributed by atoms with Crippen LogP contribution in [0, 0.1) is 0 Å². The minimum atomic E-state index is -0.456. The van der Waals surface area contributed by atoms with Crippen LogP contribution in [-0.2, 0) is 14.3 Å². The molecule has 1 aromatic heterocycles. The molecule has 1 aromatic rings. The van der Waals surface area contributed by atoms with E-state index in [1.807, 2.05) is 18.7 Å². The van der Waals surface area contributed by atoms with Gasteiger partial charge >= 0.3 is 0 Å². The highest BCUT2D eigenvalue weighted by Gasteiger charge is 2.18. The number of hydrogen-bond donors (Lipinski definition) is 2. The van der Waals surface area contributed by atoms with Gasteiger partial charge in [0.25, 0.3) is 5.91 Å². The van der Waals surface area contributed by atoms with Crippen molar-refractivity contribution in [2.45, 2.75) is 46.0 Å². The summed E-state index contributed by atoms with van der Waals surface area (Å²) in [6.07, 6.45) is 2.79. The van der Waals surface area contributed by atoms with Gasteiger partial charge < -0.3 is 14.5 Å². The summed E-state index contributed by atoms with van der Waals surface area (Å²) in [5.74, 6) is -0.710. The number of aromatic nitrogens is 1. The minimum Gasteiger partial charge on any atom is -0.378 e. The Kier molecular flexibility index (Phi) is 9.85. The Morgan fingerprint density at radius 1 is 1.14 bits per heavy atom. The van der Waals surface area contributed by atoms with E-state index in [4.69, 9.17) is 4.74 Å². The van der Waals surface area contributed by atoms with E-state index in [1.54, 1.807) is 5.38 Å². The zero-order chi connectivity index (χ0) is 21.1. The van der Waals surface area contributed by atoms with E-state index in [-0.39, 0.29) is 23.9 Å². The molecule has 3 amide bonds. The summed E-state index contributed by atoms with van der Waals surface area (Å²) in [5, 5.41) is 2.44.